The molecule has 0 saturated heterocycles. The van der Waals surface area contributed by atoms with Crippen molar-refractivity contribution in [2.24, 2.45) is 0 Å². The third-order valence-electron chi connectivity index (χ3n) is 3.45. The standard InChI is InChI=1S/C17H17N5O2/c1-12(23)18-13-5-7-14(8-6-13)19-17(24)10-9-16-21-20-15-4-2-3-11-22(15)16/h2-8,11H,9-10H2,1H3,(H,18,23)(H,19,24). The summed E-state index contributed by atoms with van der Waals surface area (Å²) < 4.78 is 1.87. The van der Waals surface area contributed by atoms with Crippen molar-refractivity contribution >= 4 is 28.8 Å². The maximum atomic E-state index is 12.1. The fourth-order valence-corrected chi connectivity index (χ4v) is 2.35. The van der Waals surface area contributed by atoms with Gasteiger partial charge in [-0.3, -0.25) is 14.0 Å². The van der Waals surface area contributed by atoms with E-state index in [4.69, 9.17) is 0 Å². The van der Waals surface area contributed by atoms with Crippen LogP contribution in [0.15, 0.2) is 48.7 Å². The van der Waals surface area contributed by atoms with Crippen molar-refractivity contribution in [1.29, 1.82) is 0 Å². The molecule has 7 nitrogen and oxygen atoms in total. The summed E-state index contributed by atoms with van der Waals surface area (Å²) in [5.74, 6) is 0.518. The summed E-state index contributed by atoms with van der Waals surface area (Å²) in [5.41, 5.74) is 2.14. The van der Waals surface area contributed by atoms with Gasteiger partial charge in [-0.15, -0.1) is 10.2 Å². The summed E-state index contributed by atoms with van der Waals surface area (Å²) in [6.07, 6.45) is 2.69. The summed E-state index contributed by atoms with van der Waals surface area (Å²) >= 11 is 0. The average molecular weight is 323 g/mol. The lowest BCUT2D eigenvalue weighted by Gasteiger charge is -2.06. The first-order valence-corrected chi connectivity index (χ1v) is 7.58. The van der Waals surface area contributed by atoms with Crippen LogP contribution in [0.1, 0.15) is 19.2 Å². The number of rotatable bonds is 5. The van der Waals surface area contributed by atoms with Gasteiger partial charge < -0.3 is 10.6 Å². The van der Waals surface area contributed by atoms with Crippen molar-refractivity contribution in [3.8, 4) is 0 Å². The highest BCUT2D eigenvalue weighted by Crippen LogP contribution is 2.14. The summed E-state index contributed by atoms with van der Waals surface area (Å²) in [4.78, 5) is 23.0. The first-order valence-electron chi connectivity index (χ1n) is 7.58. The molecule has 2 heterocycles. The van der Waals surface area contributed by atoms with E-state index < -0.39 is 0 Å². The topological polar surface area (TPSA) is 88.4 Å². The van der Waals surface area contributed by atoms with Gasteiger partial charge in [-0.1, -0.05) is 6.07 Å². The lowest BCUT2D eigenvalue weighted by atomic mass is 10.2. The molecule has 0 fully saturated rings. The van der Waals surface area contributed by atoms with E-state index in [2.05, 4.69) is 20.8 Å². The van der Waals surface area contributed by atoms with Gasteiger partial charge in [-0.05, 0) is 36.4 Å². The van der Waals surface area contributed by atoms with E-state index in [-0.39, 0.29) is 11.8 Å². The second kappa shape index (κ2) is 6.91. The molecule has 7 heteroatoms. The third kappa shape index (κ3) is 3.75. The molecule has 2 aromatic heterocycles. The molecule has 0 spiro atoms. The molecular weight excluding hydrogens is 306 g/mol. The SMILES string of the molecule is CC(=O)Nc1ccc(NC(=O)CCc2nnc3ccccn23)cc1. The summed E-state index contributed by atoms with van der Waals surface area (Å²) in [6, 6.07) is 12.6. The minimum absolute atomic E-state index is 0.102. The van der Waals surface area contributed by atoms with Crippen LogP contribution in [0, 0.1) is 0 Å². The lowest BCUT2D eigenvalue weighted by molar-refractivity contribution is -0.116. The number of benzene rings is 1. The van der Waals surface area contributed by atoms with E-state index in [0.717, 1.165) is 11.5 Å². The highest BCUT2D eigenvalue weighted by molar-refractivity contribution is 5.92. The Bertz CT molecular complexity index is 870. The molecule has 2 N–H and O–H groups in total. The van der Waals surface area contributed by atoms with Crippen molar-refractivity contribution in [2.75, 3.05) is 10.6 Å². The van der Waals surface area contributed by atoms with Gasteiger partial charge >= 0.3 is 0 Å². The molecule has 3 rings (SSSR count). The number of carbonyl (C=O) groups is 2. The van der Waals surface area contributed by atoms with E-state index in [1.54, 1.807) is 24.3 Å². The molecule has 0 bridgehead atoms. The highest BCUT2D eigenvalue weighted by Gasteiger charge is 2.08. The Balaban J connectivity index is 1.56. The van der Waals surface area contributed by atoms with Crippen molar-refractivity contribution in [3.63, 3.8) is 0 Å². The monoisotopic (exact) mass is 323 g/mol. The molecule has 0 saturated carbocycles. The first kappa shape index (κ1) is 15.7. The number of pyridine rings is 1. The Morgan fingerprint density at radius 1 is 1.00 bits per heavy atom. The van der Waals surface area contributed by atoms with E-state index in [0.29, 0.717) is 24.2 Å². The van der Waals surface area contributed by atoms with Crippen LogP contribution in [0.3, 0.4) is 0 Å². The van der Waals surface area contributed by atoms with Crippen LogP contribution in [0.4, 0.5) is 11.4 Å². The van der Waals surface area contributed by atoms with E-state index >= 15 is 0 Å². The van der Waals surface area contributed by atoms with Gasteiger partial charge in [0, 0.05) is 37.3 Å². The minimum Gasteiger partial charge on any atom is -0.326 e. The van der Waals surface area contributed by atoms with Gasteiger partial charge in [0.25, 0.3) is 0 Å². The Morgan fingerprint density at radius 2 is 1.71 bits per heavy atom. The first-order chi connectivity index (χ1) is 11.6. The maximum Gasteiger partial charge on any atom is 0.224 e. The molecule has 0 atom stereocenters. The molecule has 3 aromatic rings. The number of anilines is 2. The zero-order valence-corrected chi connectivity index (χ0v) is 13.2. The van der Waals surface area contributed by atoms with Crippen LogP contribution in [0.5, 0.6) is 0 Å². The number of nitrogens with zero attached hydrogens (tertiary/aromatic N) is 3. The Hall–Kier alpha value is -3.22. The molecular formula is C17H17N5O2. The van der Waals surface area contributed by atoms with Crippen LogP contribution >= 0.6 is 0 Å². The van der Waals surface area contributed by atoms with Gasteiger partial charge in [0.15, 0.2) is 5.65 Å². The number of fused-ring (bicyclic) bond motifs is 1. The van der Waals surface area contributed by atoms with Crippen LogP contribution < -0.4 is 10.6 Å². The van der Waals surface area contributed by atoms with E-state index in [1.807, 2.05) is 28.8 Å². The summed E-state index contributed by atoms with van der Waals surface area (Å²) in [7, 11) is 0. The normalized spacial score (nSPS) is 10.5. The number of hydrogen-bond acceptors (Lipinski definition) is 4. The quantitative estimate of drug-likeness (QED) is 0.754. The molecule has 0 aliphatic carbocycles. The number of aryl methyl sites for hydroxylation is 1. The lowest BCUT2D eigenvalue weighted by Crippen LogP contribution is -2.13. The van der Waals surface area contributed by atoms with Gasteiger partial charge in [-0.25, -0.2) is 0 Å². The van der Waals surface area contributed by atoms with Gasteiger partial charge in [-0.2, -0.15) is 0 Å². The minimum atomic E-state index is -0.132. The highest BCUT2D eigenvalue weighted by atomic mass is 16.2. The zero-order chi connectivity index (χ0) is 16.9. The number of nitrogens with one attached hydrogen (secondary N) is 2. The molecule has 2 amide bonds. The smallest absolute Gasteiger partial charge is 0.224 e. The summed E-state index contributed by atoms with van der Waals surface area (Å²) in [6.45, 7) is 1.45. The molecule has 0 unspecified atom stereocenters. The Morgan fingerprint density at radius 3 is 2.42 bits per heavy atom. The van der Waals surface area contributed by atoms with Gasteiger partial charge in [0.1, 0.15) is 5.82 Å². The summed E-state index contributed by atoms with van der Waals surface area (Å²) in [5, 5.41) is 13.7. The van der Waals surface area contributed by atoms with Gasteiger partial charge in [0.05, 0.1) is 0 Å². The number of hydrogen-bond donors (Lipinski definition) is 2. The molecule has 1 aromatic carbocycles. The van der Waals surface area contributed by atoms with Crippen LogP contribution in [-0.2, 0) is 16.0 Å². The molecule has 0 radical (unpaired) electrons. The average Bonchev–Trinajstić information content (AvgIpc) is 2.98. The Kier molecular flexibility index (Phi) is 4.51. The second-order valence-corrected chi connectivity index (χ2v) is 5.35. The Labute approximate surface area is 138 Å². The van der Waals surface area contributed by atoms with E-state index in [1.165, 1.54) is 6.92 Å². The largest absolute Gasteiger partial charge is 0.326 e. The predicted molar refractivity (Wildman–Crippen MR) is 90.7 cm³/mol. The molecule has 0 aliphatic heterocycles. The van der Waals surface area contributed by atoms with Gasteiger partial charge in [0.2, 0.25) is 11.8 Å². The van der Waals surface area contributed by atoms with Crippen molar-refractivity contribution in [2.45, 2.75) is 19.8 Å². The zero-order valence-electron chi connectivity index (χ0n) is 13.2. The van der Waals surface area contributed by atoms with Crippen LogP contribution in [0.2, 0.25) is 0 Å². The third-order valence-corrected chi connectivity index (χ3v) is 3.45. The molecule has 24 heavy (non-hydrogen) atoms. The molecule has 0 aliphatic rings. The van der Waals surface area contributed by atoms with Crippen molar-refractivity contribution in [3.05, 3.63) is 54.5 Å². The fraction of sp³-hybridized carbons (Fsp3) is 0.176. The number of aromatic nitrogens is 3. The number of amides is 2. The van der Waals surface area contributed by atoms with E-state index in [9.17, 15) is 9.59 Å². The van der Waals surface area contributed by atoms with Crippen molar-refractivity contribution < 1.29 is 9.59 Å². The fourth-order valence-electron chi connectivity index (χ4n) is 2.35. The molecule has 122 valence electrons. The van der Waals surface area contributed by atoms with Crippen LogP contribution in [0.25, 0.3) is 5.65 Å². The number of carbonyl (C=O) groups excluding carboxylic acids is 2. The van der Waals surface area contributed by atoms with Crippen LogP contribution in [-0.4, -0.2) is 26.4 Å². The maximum absolute atomic E-state index is 12.1. The second-order valence-electron chi connectivity index (χ2n) is 5.35. The van der Waals surface area contributed by atoms with Crippen molar-refractivity contribution in [1.82, 2.24) is 14.6 Å². The predicted octanol–water partition coefficient (Wildman–Crippen LogP) is 2.26.